The molecular weight excluding hydrogens is 362 g/mol. The van der Waals surface area contributed by atoms with Crippen molar-refractivity contribution >= 4 is 11.7 Å². The zero-order valence-corrected chi connectivity index (χ0v) is 16.0. The van der Waals surface area contributed by atoms with Crippen LogP contribution in [0.15, 0.2) is 36.5 Å². The van der Waals surface area contributed by atoms with Crippen LogP contribution in [0.3, 0.4) is 0 Å². The van der Waals surface area contributed by atoms with Gasteiger partial charge in [-0.05, 0) is 31.4 Å². The van der Waals surface area contributed by atoms with Crippen LogP contribution in [0.4, 0.5) is 10.5 Å². The number of nitrogens with zero attached hydrogens (tertiary/aromatic N) is 3. The van der Waals surface area contributed by atoms with Gasteiger partial charge in [-0.2, -0.15) is 0 Å². The quantitative estimate of drug-likeness (QED) is 0.632. The van der Waals surface area contributed by atoms with Crippen LogP contribution in [0, 0.1) is 0 Å². The van der Waals surface area contributed by atoms with Crippen molar-refractivity contribution in [3.8, 4) is 0 Å². The molecule has 1 aromatic carbocycles. The largest absolute Gasteiger partial charge is 0.394 e. The second-order valence-electron chi connectivity index (χ2n) is 6.82. The first kappa shape index (κ1) is 20.2. The summed E-state index contributed by atoms with van der Waals surface area (Å²) in [5, 5.41) is 23.5. The van der Waals surface area contributed by atoms with E-state index in [0.717, 1.165) is 30.6 Å². The summed E-state index contributed by atoms with van der Waals surface area (Å²) in [6.45, 7) is 0.963. The Labute approximate surface area is 164 Å². The minimum Gasteiger partial charge on any atom is -0.394 e. The predicted octanol–water partition coefficient (Wildman–Crippen LogP) is 1.54. The average Bonchev–Trinajstić information content (AvgIpc) is 3.15. The van der Waals surface area contributed by atoms with E-state index >= 15 is 0 Å². The molecule has 0 unspecified atom stereocenters. The predicted molar refractivity (Wildman–Crippen MR) is 103 cm³/mol. The summed E-state index contributed by atoms with van der Waals surface area (Å²) < 4.78 is 12.8. The van der Waals surface area contributed by atoms with Crippen LogP contribution in [0.25, 0.3) is 0 Å². The van der Waals surface area contributed by atoms with Crippen LogP contribution < -0.4 is 10.6 Å². The molecule has 0 saturated carbocycles. The van der Waals surface area contributed by atoms with E-state index in [2.05, 4.69) is 20.9 Å². The Morgan fingerprint density at radius 2 is 2.18 bits per heavy atom. The summed E-state index contributed by atoms with van der Waals surface area (Å²) in [6, 6.07) is 8.70. The molecule has 2 aromatic rings. The number of methoxy groups -OCH3 is 1. The molecule has 2 amide bonds. The number of aliphatic hydroxyl groups is 1. The number of anilines is 1. The van der Waals surface area contributed by atoms with Crippen LogP contribution in [0.5, 0.6) is 0 Å². The Morgan fingerprint density at radius 1 is 1.36 bits per heavy atom. The molecule has 0 spiro atoms. The van der Waals surface area contributed by atoms with Crippen molar-refractivity contribution < 1.29 is 19.4 Å². The molecule has 3 rings (SSSR count). The number of carbonyl (C=O) groups is 1. The van der Waals surface area contributed by atoms with E-state index in [9.17, 15) is 9.90 Å². The van der Waals surface area contributed by atoms with Gasteiger partial charge >= 0.3 is 6.03 Å². The number of carbonyl (C=O) groups excluding carboxylic acids is 1. The normalized spacial score (nSPS) is 22.0. The van der Waals surface area contributed by atoms with E-state index in [4.69, 9.17) is 9.47 Å². The van der Waals surface area contributed by atoms with Gasteiger partial charge in [0.25, 0.3) is 0 Å². The van der Waals surface area contributed by atoms with Gasteiger partial charge in [-0.3, -0.25) is 4.68 Å². The highest BCUT2D eigenvalue weighted by atomic mass is 16.5. The summed E-state index contributed by atoms with van der Waals surface area (Å²) in [5.74, 6) is 0. The molecule has 152 valence electrons. The Morgan fingerprint density at radius 3 is 2.93 bits per heavy atom. The molecule has 9 heteroatoms. The van der Waals surface area contributed by atoms with Crippen molar-refractivity contribution in [1.82, 2.24) is 20.3 Å². The van der Waals surface area contributed by atoms with Gasteiger partial charge in [0.1, 0.15) is 11.8 Å². The molecule has 0 aliphatic carbocycles. The van der Waals surface area contributed by atoms with E-state index in [1.165, 1.54) is 0 Å². The number of aryl methyl sites for hydroxylation is 1. The molecule has 3 atom stereocenters. The third kappa shape index (κ3) is 5.75. The summed E-state index contributed by atoms with van der Waals surface area (Å²) >= 11 is 0. The maximum atomic E-state index is 12.2. The van der Waals surface area contributed by atoms with Gasteiger partial charge in [-0.1, -0.05) is 23.4 Å². The van der Waals surface area contributed by atoms with E-state index < -0.39 is 6.10 Å². The zero-order chi connectivity index (χ0) is 19.8. The van der Waals surface area contributed by atoms with Crippen LogP contribution in [0.1, 0.15) is 25.0 Å². The number of nitrogens with one attached hydrogen (secondary N) is 2. The standard InChI is InChI=1S/C19H27N5O4/c1-27-13-15-11-24(23-22-15)10-9-16-7-8-17(18(12-25)28-16)21-19(26)20-14-5-3-2-4-6-14/h2-6,11,16-18,25H,7-10,12-13H2,1H3,(H2,20,21,26)/t16-,17+,18-/m0/s1. The molecule has 1 aliphatic heterocycles. The summed E-state index contributed by atoms with van der Waals surface area (Å²) in [5.41, 5.74) is 1.50. The number of urea groups is 1. The van der Waals surface area contributed by atoms with Crippen molar-refractivity contribution in [3.63, 3.8) is 0 Å². The molecule has 3 N–H and O–H groups in total. The van der Waals surface area contributed by atoms with E-state index in [-0.39, 0.29) is 24.8 Å². The second-order valence-corrected chi connectivity index (χ2v) is 6.82. The van der Waals surface area contributed by atoms with Crippen molar-refractivity contribution in [2.24, 2.45) is 0 Å². The SMILES string of the molecule is COCc1cn(CC[C@@H]2CC[C@@H](NC(=O)Nc3ccccc3)[C@H](CO)O2)nn1. The van der Waals surface area contributed by atoms with Crippen LogP contribution >= 0.6 is 0 Å². The van der Waals surface area contributed by atoms with E-state index in [0.29, 0.717) is 13.2 Å². The maximum absolute atomic E-state index is 12.2. The smallest absolute Gasteiger partial charge is 0.319 e. The minimum atomic E-state index is -0.430. The number of aliphatic hydroxyl groups excluding tert-OH is 1. The highest BCUT2D eigenvalue weighted by molar-refractivity contribution is 5.89. The maximum Gasteiger partial charge on any atom is 0.319 e. The molecule has 28 heavy (non-hydrogen) atoms. The zero-order valence-electron chi connectivity index (χ0n) is 16.0. The van der Waals surface area contributed by atoms with Crippen molar-refractivity contribution in [3.05, 3.63) is 42.2 Å². The summed E-state index contributed by atoms with van der Waals surface area (Å²) in [4.78, 5) is 12.2. The highest BCUT2D eigenvalue weighted by Gasteiger charge is 2.31. The number of ether oxygens (including phenoxy) is 2. The van der Waals surface area contributed by atoms with Crippen molar-refractivity contribution in [1.29, 1.82) is 0 Å². The Bertz CT molecular complexity index is 739. The third-order valence-electron chi connectivity index (χ3n) is 4.70. The lowest BCUT2D eigenvalue weighted by molar-refractivity contribution is -0.0905. The average molecular weight is 389 g/mol. The Kier molecular flexibility index (Phi) is 7.35. The first-order valence-corrected chi connectivity index (χ1v) is 9.44. The van der Waals surface area contributed by atoms with Gasteiger partial charge in [0.2, 0.25) is 0 Å². The number of aromatic nitrogens is 3. The Balaban J connectivity index is 1.45. The number of hydrogen-bond donors (Lipinski definition) is 3. The van der Waals surface area contributed by atoms with Gasteiger partial charge in [0.15, 0.2) is 0 Å². The molecule has 0 radical (unpaired) electrons. The van der Waals surface area contributed by atoms with E-state index in [1.807, 2.05) is 36.5 Å². The summed E-state index contributed by atoms with van der Waals surface area (Å²) in [7, 11) is 1.62. The van der Waals surface area contributed by atoms with Gasteiger partial charge < -0.3 is 25.2 Å². The molecule has 9 nitrogen and oxygen atoms in total. The molecule has 0 bridgehead atoms. The van der Waals surface area contributed by atoms with Gasteiger partial charge in [-0.15, -0.1) is 5.10 Å². The highest BCUT2D eigenvalue weighted by Crippen LogP contribution is 2.22. The van der Waals surface area contributed by atoms with Gasteiger partial charge in [0.05, 0.1) is 31.6 Å². The number of benzene rings is 1. The fourth-order valence-corrected chi connectivity index (χ4v) is 3.30. The lowest BCUT2D eigenvalue weighted by Gasteiger charge is -2.36. The number of amides is 2. The molecule has 2 heterocycles. The molecule has 1 aromatic heterocycles. The summed E-state index contributed by atoms with van der Waals surface area (Å²) in [6.07, 6.45) is 3.72. The second kappa shape index (κ2) is 10.2. The molecular formula is C19H27N5O4. The topological polar surface area (TPSA) is 111 Å². The lowest BCUT2D eigenvalue weighted by Crippen LogP contribution is -2.52. The number of rotatable bonds is 8. The fraction of sp³-hybridized carbons (Fsp3) is 0.526. The van der Waals surface area contributed by atoms with Crippen molar-refractivity contribution in [2.75, 3.05) is 19.0 Å². The lowest BCUT2D eigenvalue weighted by atomic mass is 9.97. The third-order valence-corrected chi connectivity index (χ3v) is 4.70. The minimum absolute atomic E-state index is 0.00228. The Hall–Kier alpha value is -2.49. The molecule has 1 aliphatic rings. The number of para-hydroxylation sites is 1. The van der Waals surface area contributed by atoms with Gasteiger partial charge in [0, 0.05) is 19.3 Å². The monoisotopic (exact) mass is 389 g/mol. The number of hydrogen-bond acceptors (Lipinski definition) is 6. The van der Waals surface area contributed by atoms with E-state index in [1.54, 1.807) is 11.8 Å². The van der Waals surface area contributed by atoms with Crippen LogP contribution in [-0.2, 0) is 22.6 Å². The van der Waals surface area contributed by atoms with Crippen LogP contribution in [-0.4, -0.2) is 58.1 Å². The first-order chi connectivity index (χ1) is 13.7. The molecule has 1 fully saturated rings. The first-order valence-electron chi connectivity index (χ1n) is 9.44. The van der Waals surface area contributed by atoms with Gasteiger partial charge in [-0.25, -0.2) is 4.79 Å². The van der Waals surface area contributed by atoms with Crippen molar-refractivity contribution in [2.45, 2.75) is 50.7 Å². The molecule has 1 saturated heterocycles. The van der Waals surface area contributed by atoms with Crippen LogP contribution in [0.2, 0.25) is 0 Å². The fourth-order valence-electron chi connectivity index (χ4n) is 3.30.